The Hall–Kier alpha value is -3.61. The van der Waals surface area contributed by atoms with Gasteiger partial charge >= 0.3 is 0 Å². The van der Waals surface area contributed by atoms with E-state index in [0.717, 1.165) is 22.7 Å². The minimum absolute atomic E-state index is 0.0218. The normalized spacial score (nSPS) is 15.3. The van der Waals surface area contributed by atoms with E-state index in [1.54, 1.807) is 27.5 Å². The fraction of sp³-hybridized carbons (Fsp3) is 0.261. The van der Waals surface area contributed by atoms with Crippen LogP contribution in [0.4, 0.5) is 11.6 Å². The first-order chi connectivity index (χ1) is 14.6. The number of Topliss-reactive ketones (excluding diaryl/α,β-unsaturated/α-hetero) is 1. The molecule has 154 valence electrons. The third kappa shape index (κ3) is 3.91. The molecule has 0 amide bonds. The fourth-order valence-corrected chi connectivity index (χ4v) is 3.65. The lowest BCUT2D eigenvalue weighted by atomic mass is 9.82. The lowest BCUT2D eigenvalue weighted by Crippen LogP contribution is -2.21. The summed E-state index contributed by atoms with van der Waals surface area (Å²) in [6.07, 6.45) is 2.68. The van der Waals surface area contributed by atoms with Gasteiger partial charge in [0.25, 0.3) is 0 Å². The molecule has 0 spiro atoms. The van der Waals surface area contributed by atoms with Gasteiger partial charge in [-0.2, -0.15) is 0 Å². The van der Waals surface area contributed by atoms with Crippen LogP contribution in [0.3, 0.4) is 0 Å². The summed E-state index contributed by atoms with van der Waals surface area (Å²) in [6, 6.07) is 13.3. The summed E-state index contributed by atoms with van der Waals surface area (Å²) in [5, 5.41) is 3.18. The van der Waals surface area contributed by atoms with E-state index in [1.165, 1.54) is 0 Å². The van der Waals surface area contributed by atoms with E-state index >= 15 is 0 Å². The topological polar surface area (TPSA) is 82.6 Å². The molecule has 4 rings (SSSR count). The van der Waals surface area contributed by atoms with Crippen LogP contribution in [0.5, 0.6) is 17.2 Å². The Bertz CT molecular complexity index is 1070. The highest BCUT2D eigenvalue weighted by molar-refractivity contribution is 5.98. The van der Waals surface area contributed by atoms with Gasteiger partial charge in [0.2, 0.25) is 5.95 Å². The number of hydrogen-bond acceptors (Lipinski definition) is 7. The number of carbonyl (C=O) groups excluding carboxylic acids is 1. The molecule has 0 fully saturated rings. The number of nitrogens with one attached hydrogen (secondary N) is 1. The lowest BCUT2D eigenvalue weighted by molar-refractivity contribution is 0.0962. The van der Waals surface area contributed by atoms with E-state index in [2.05, 4.69) is 15.3 Å². The molecule has 3 aromatic rings. The van der Waals surface area contributed by atoms with Gasteiger partial charge < -0.3 is 19.5 Å². The molecule has 7 heteroatoms. The summed E-state index contributed by atoms with van der Waals surface area (Å²) in [4.78, 5) is 21.7. The van der Waals surface area contributed by atoms with Gasteiger partial charge in [-0.15, -0.1) is 0 Å². The predicted molar refractivity (Wildman–Crippen MR) is 113 cm³/mol. The second-order valence-corrected chi connectivity index (χ2v) is 7.05. The molecule has 1 aliphatic rings. The monoisotopic (exact) mass is 405 g/mol. The summed E-state index contributed by atoms with van der Waals surface area (Å²) in [7, 11) is 4.83. The standard InChI is InChI=1S/C23H23N3O4/c1-28-17-7-5-16(6-8-17)25-23-24-13-18-19(26-23)10-15(11-20(18)27)14-4-9-21(29-2)22(12-14)30-3/h4-9,12-13,15H,10-11H2,1-3H3,(H,24,25,26)/t15-/m0/s1. The average Bonchev–Trinajstić information content (AvgIpc) is 2.78. The van der Waals surface area contributed by atoms with Crippen LogP contribution in [0.2, 0.25) is 0 Å². The second-order valence-electron chi connectivity index (χ2n) is 7.05. The van der Waals surface area contributed by atoms with E-state index in [4.69, 9.17) is 14.2 Å². The van der Waals surface area contributed by atoms with E-state index in [9.17, 15) is 4.79 Å². The number of carbonyl (C=O) groups is 1. The van der Waals surface area contributed by atoms with Crippen molar-refractivity contribution in [2.45, 2.75) is 18.8 Å². The van der Waals surface area contributed by atoms with Gasteiger partial charge in [0, 0.05) is 18.3 Å². The quantitative estimate of drug-likeness (QED) is 0.659. The van der Waals surface area contributed by atoms with Crippen molar-refractivity contribution in [2.75, 3.05) is 26.6 Å². The number of benzene rings is 2. The first kappa shape index (κ1) is 19.7. The van der Waals surface area contributed by atoms with Gasteiger partial charge in [-0.05, 0) is 54.3 Å². The van der Waals surface area contributed by atoms with Crippen molar-refractivity contribution < 1.29 is 19.0 Å². The molecule has 0 saturated carbocycles. The number of methoxy groups -OCH3 is 3. The molecule has 1 N–H and O–H groups in total. The van der Waals surface area contributed by atoms with Crippen LogP contribution >= 0.6 is 0 Å². The van der Waals surface area contributed by atoms with Crippen LogP contribution in [0, 0.1) is 0 Å². The molecule has 1 atom stereocenters. The number of hydrogen-bond donors (Lipinski definition) is 1. The molecule has 1 heterocycles. The zero-order valence-electron chi connectivity index (χ0n) is 17.1. The number of ether oxygens (including phenoxy) is 3. The highest BCUT2D eigenvalue weighted by atomic mass is 16.5. The van der Waals surface area contributed by atoms with Crippen molar-refractivity contribution >= 4 is 17.4 Å². The number of fused-ring (bicyclic) bond motifs is 1. The summed E-state index contributed by atoms with van der Waals surface area (Å²) in [6.45, 7) is 0. The third-order valence-electron chi connectivity index (χ3n) is 5.26. The molecule has 1 aromatic heterocycles. The maximum Gasteiger partial charge on any atom is 0.227 e. The summed E-state index contributed by atoms with van der Waals surface area (Å²) in [5.41, 5.74) is 3.20. The van der Waals surface area contributed by atoms with E-state index < -0.39 is 0 Å². The predicted octanol–water partition coefficient (Wildman–Crippen LogP) is 4.16. The van der Waals surface area contributed by atoms with Gasteiger partial charge in [-0.25, -0.2) is 9.97 Å². The fourth-order valence-electron chi connectivity index (χ4n) is 3.65. The molecule has 2 aromatic carbocycles. The smallest absolute Gasteiger partial charge is 0.227 e. The highest BCUT2D eigenvalue weighted by Gasteiger charge is 2.28. The van der Waals surface area contributed by atoms with Crippen LogP contribution in [0.1, 0.15) is 34.0 Å². The molecule has 0 saturated heterocycles. The Morgan fingerprint density at radius 3 is 2.40 bits per heavy atom. The maximum atomic E-state index is 12.7. The van der Waals surface area contributed by atoms with Gasteiger partial charge in [-0.1, -0.05) is 6.07 Å². The van der Waals surface area contributed by atoms with Crippen LogP contribution in [-0.4, -0.2) is 37.1 Å². The Morgan fingerprint density at radius 2 is 1.70 bits per heavy atom. The molecule has 0 aliphatic heterocycles. The summed E-state index contributed by atoms with van der Waals surface area (Å²) >= 11 is 0. The molecule has 0 unspecified atom stereocenters. The van der Waals surface area contributed by atoms with Crippen molar-refractivity contribution in [2.24, 2.45) is 0 Å². The Balaban J connectivity index is 1.58. The Morgan fingerprint density at radius 1 is 0.933 bits per heavy atom. The molecular weight excluding hydrogens is 382 g/mol. The number of ketones is 1. The first-order valence-corrected chi connectivity index (χ1v) is 9.63. The zero-order chi connectivity index (χ0) is 21.1. The Kier molecular flexibility index (Phi) is 5.52. The SMILES string of the molecule is COc1ccc(Nc2ncc3c(n2)C[C@H](c2ccc(OC)c(OC)c2)CC3=O)cc1. The van der Waals surface area contributed by atoms with Gasteiger partial charge in [0.15, 0.2) is 17.3 Å². The van der Waals surface area contributed by atoms with E-state index in [0.29, 0.717) is 35.9 Å². The van der Waals surface area contributed by atoms with Crippen LogP contribution in [0.15, 0.2) is 48.7 Å². The first-order valence-electron chi connectivity index (χ1n) is 9.63. The van der Waals surface area contributed by atoms with Gasteiger partial charge in [-0.3, -0.25) is 4.79 Å². The van der Waals surface area contributed by atoms with E-state index in [-0.39, 0.29) is 11.7 Å². The van der Waals surface area contributed by atoms with Crippen molar-refractivity contribution in [1.29, 1.82) is 0 Å². The summed E-state index contributed by atoms with van der Waals surface area (Å²) < 4.78 is 15.9. The Labute approximate surface area is 175 Å². The van der Waals surface area contributed by atoms with Gasteiger partial charge in [0.1, 0.15) is 5.75 Å². The minimum atomic E-state index is 0.0218. The van der Waals surface area contributed by atoms with Crippen molar-refractivity contribution in [3.05, 3.63) is 65.5 Å². The second kappa shape index (κ2) is 8.41. The molecule has 0 radical (unpaired) electrons. The number of anilines is 2. The maximum absolute atomic E-state index is 12.7. The molecule has 0 bridgehead atoms. The van der Waals surface area contributed by atoms with Crippen molar-refractivity contribution in [3.8, 4) is 17.2 Å². The van der Waals surface area contributed by atoms with Crippen LogP contribution in [-0.2, 0) is 6.42 Å². The minimum Gasteiger partial charge on any atom is -0.497 e. The highest BCUT2D eigenvalue weighted by Crippen LogP contribution is 2.36. The lowest BCUT2D eigenvalue weighted by Gasteiger charge is -2.24. The number of aromatic nitrogens is 2. The van der Waals surface area contributed by atoms with Crippen molar-refractivity contribution in [1.82, 2.24) is 9.97 Å². The van der Waals surface area contributed by atoms with Crippen LogP contribution in [0.25, 0.3) is 0 Å². The summed E-state index contributed by atoms with van der Waals surface area (Å²) in [5.74, 6) is 2.62. The van der Waals surface area contributed by atoms with E-state index in [1.807, 2.05) is 42.5 Å². The zero-order valence-corrected chi connectivity index (χ0v) is 17.1. The molecule has 30 heavy (non-hydrogen) atoms. The third-order valence-corrected chi connectivity index (χ3v) is 5.26. The molecular formula is C23H23N3O4. The van der Waals surface area contributed by atoms with Crippen molar-refractivity contribution in [3.63, 3.8) is 0 Å². The van der Waals surface area contributed by atoms with Gasteiger partial charge in [0.05, 0.1) is 32.6 Å². The van der Waals surface area contributed by atoms with Crippen LogP contribution < -0.4 is 19.5 Å². The number of rotatable bonds is 6. The molecule has 7 nitrogen and oxygen atoms in total. The average molecular weight is 405 g/mol. The number of nitrogens with zero attached hydrogens (tertiary/aromatic N) is 2. The largest absolute Gasteiger partial charge is 0.497 e. The molecule has 1 aliphatic carbocycles.